The molecule has 0 aromatic carbocycles. The lowest BCUT2D eigenvalue weighted by Gasteiger charge is -2.23. The van der Waals surface area contributed by atoms with Crippen molar-refractivity contribution in [2.24, 2.45) is 5.73 Å². The number of hydrogen-bond donors (Lipinski definition) is 3. The molecule has 0 saturated heterocycles. The molecule has 0 heterocycles. The lowest BCUT2D eigenvalue weighted by Crippen LogP contribution is -2.47. The van der Waals surface area contributed by atoms with E-state index in [1.54, 1.807) is 0 Å². The summed E-state index contributed by atoms with van der Waals surface area (Å²) in [6.07, 6.45) is 0.900. The Labute approximate surface area is 78.1 Å². The van der Waals surface area contributed by atoms with Crippen LogP contribution in [0.15, 0.2) is 0 Å². The van der Waals surface area contributed by atoms with Crippen LogP contribution in [-0.4, -0.2) is 24.0 Å². The van der Waals surface area contributed by atoms with E-state index in [-0.39, 0.29) is 12.1 Å². The summed E-state index contributed by atoms with van der Waals surface area (Å²) in [5, 5.41) is 4.97. The van der Waals surface area contributed by atoms with Gasteiger partial charge in [0.25, 0.3) is 0 Å². The smallest absolute Gasteiger partial charge is 0.318 e. The van der Waals surface area contributed by atoms with Crippen molar-refractivity contribution in [1.29, 1.82) is 0 Å². The number of primary amides is 1. The van der Waals surface area contributed by atoms with Gasteiger partial charge in [0.15, 0.2) is 0 Å². The van der Waals surface area contributed by atoms with Gasteiger partial charge in [-0.1, -0.05) is 6.92 Å². The lowest BCUT2D eigenvalue weighted by atomic mass is 10.0. The van der Waals surface area contributed by atoms with Gasteiger partial charge < -0.3 is 11.1 Å². The van der Waals surface area contributed by atoms with Gasteiger partial charge in [0.05, 0.1) is 6.54 Å². The van der Waals surface area contributed by atoms with Gasteiger partial charge >= 0.3 is 6.03 Å². The SMILES string of the molecule is CCC(C)(C)NCC(=O)NC(N)=O. The number of carbonyl (C=O) groups is 2. The summed E-state index contributed by atoms with van der Waals surface area (Å²) < 4.78 is 0. The van der Waals surface area contributed by atoms with Crippen LogP contribution in [0.1, 0.15) is 27.2 Å². The van der Waals surface area contributed by atoms with Gasteiger partial charge in [-0.3, -0.25) is 10.1 Å². The fraction of sp³-hybridized carbons (Fsp3) is 0.750. The number of urea groups is 1. The third-order valence-electron chi connectivity index (χ3n) is 1.87. The second-order valence-electron chi connectivity index (χ2n) is 3.50. The van der Waals surface area contributed by atoms with Crippen molar-refractivity contribution in [3.8, 4) is 0 Å². The largest absolute Gasteiger partial charge is 0.351 e. The Morgan fingerprint density at radius 3 is 2.31 bits per heavy atom. The fourth-order valence-corrected chi connectivity index (χ4v) is 0.626. The molecule has 0 aliphatic rings. The van der Waals surface area contributed by atoms with Gasteiger partial charge in [0, 0.05) is 5.54 Å². The Balaban J connectivity index is 3.76. The first kappa shape index (κ1) is 11.9. The second kappa shape index (κ2) is 4.81. The van der Waals surface area contributed by atoms with Crippen molar-refractivity contribution in [1.82, 2.24) is 10.6 Å². The van der Waals surface area contributed by atoms with Crippen LogP contribution in [0.25, 0.3) is 0 Å². The molecule has 76 valence electrons. The molecule has 0 bridgehead atoms. The van der Waals surface area contributed by atoms with Crippen LogP contribution in [0.5, 0.6) is 0 Å². The first-order valence-corrected chi connectivity index (χ1v) is 4.21. The predicted molar refractivity (Wildman–Crippen MR) is 50.1 cm³/mol. The van der Waals surface area contributed by atoms with E-state index in [2.05, 4.69) is 5.32 Å². The van der Waals surface area contributed by atoms with Crippen molar-refractivity contribution >= 4 is 11.9 Å². The summed E-state index contributed by atoms with van der Waals surface area (Å²) in [6.45, 7) is 6.07. The van der Waals surface area contributed by atoms with Crippen molar-refractivity contribution in [2.75, 3.05) is 6.54 Å². The summed E-state index contributed by atoms with van der Waals surface area (Å²) >= 11 is 0. The Bertz CT molecular complexity index is 202. The van der Waals surface area contributed by atoms with Crippen molar-refractivity contribution in [3.63, 3.8) is 0 Å². The normalized spacial score (nSPS) is 11.0. The summed E-state index contributed by atoms with van der Waals surface area (Å²) in [7, 11) is 0. The summed E-state index contributed by atoms with van der Waals surface area (Å²) in [4.78, 5) is 21.2. The molecule has 0 aliphatic carbocycles. The van der Waals surface area contributed by atoms with Crippen molar-refractivity contribution in [3.05, 3.63) is 0 Å². The summed E-state index contributed by atoms with van der Waals surface area (Å²) in [6, 6.07) is -0.818. The average Bonchev–Trinajstić information content (AvgIpc) is 2.00. The highest BCUT2D eigenvalue weighted by molar-refractivity contribution is 5.94. The van der Waals surface area contributed by atoms with Crippen molar-refractivity contribution in [2.45, 2.75) is 32.7 Å². The molecule has 0 aliphatic heterocycles. The predicted octanol–water partition coefficient (Wildman–Crippen LogP) is -0.0405. The van der Waals surface area contributed by atoms with Crippen LogP contribution in [0.3, 0.4) is 0 Å². The van der Waals surface area contributed by atoms with Crippen LogP contribution in [0.2, 0.25) is 0 Å². The maximum Gasteiger partial charge on any atom is 0.318 e. The molecule has 0 aromatic rings. The van der Waals surface area contributed by atoms with E-state index in [0.717, 1.165) is 6.42 Å². The van der Waals surface area contributed by atoms with Crippen LogP contribution in [0, 0.1) is 0 Å². The van der Waals surface area contributed by atoms with Crippen molar-refractivity contribution < 1.29 is 9.59 Å². The Morgan fingerprint density at radius 2 is 1.92 bits per heavy atom. The van der Waals surface area contributed by atoms with E-state index in [4.69, 9.17) is 5.73 Å². The molecule has 0 saturated carbocycles. The number of amides is 3. The first-order chi connectivity index (χ1) is 5.87. The molecule has 0 radical (unpaired) electrons. The van der Waals surface area contributed by atoms with Gasteiger partial charge in [0.1, 0.15) is 0 Å². The third kappa shape index (κ3) is 6.10. The van der Waals surface area contributed by atoms with E-state index in [1.165, 1.54) is 0 Å². The second-order valence-corrected chi connectivity index (χ2v) is 3.50. The minimum absolute atomic E-state index is 0.101. The maximum atomic E-state index is 10.9. The van der Waals surface area contributed by atoms with Crippen LogP contribution >= 0.6 is 0 Å². The van der Waals surface area contributed by atoms with Gasteiger partial charge in [-0.2, -0.15) is 0 Å². The zero-order chi connectivity index (χ0) is 10.5. The van der Waals surface area contributed by atoms with Gasteiger partial charge in [-0.05, 0) is 20.3 Å². The highest BCUT2D eigenvalue weighted by atomic mass is 16.2. The fourth-order valence-electron chi connectivity index (χ4n) is 0.626. The highest BCUT2D eigenvalue weighted by Crippen LogP contribution is 2.05. The third-order valence-corrected chi connectivity index (χ3v) is 1.87. The van der Waals surface area contributed by atoms with Crippen LogP contribution < -0.4 is 16.4 Å². The monoisotopic (exact) mass is 187 g/mol. The molecular formula is C8H17N3O2. The van der Waals surface area contributed by atoms with E-state index < -0.39 is 11.9 Å². The molecule has 13 heavy (non-hydrogen) atoms. The molecule has 0 unspecified atom stereocenters. The lowest BCUT2D eigenvalue weighted by molar-refractivity contribution is -0.119. The Hall–Kier alpha value is -1.10. The quantitative estimate of drug-likeness (QED) is 0.577. The zero-order valence-corrected chi connectivity index (χ0v) is 8.31. The number of nitrogens with one attached hydrogen (secondary N) is 2. The molecule has 5 nitrogen and oxygen atoms in total. The van der Waals surface area contributed by atoms with E-state index in [0.29, 0.717) is 0 Å². The molecule has 0 fully saturated rings. The molecule has 0 atom stereocenters. The molecule has 4 N–H and O–H groups in total. The van der Waals surface area contributed by atoms with E-state index in [9.17, 15) is 9.59 Å². The molecule has 0 spiro atoms. The van der Waals surface area contributed by atoms with Crippen LogP contribution in [0.4, 0.5) is 4.79 Å². The topological polar surface area (TPSA) is 84.2 Å². The average molecular weight is 187 g/mol. The maximum absolute atomic E-state index is 10.9. The number of nitrogens with two attached hydrogens (primary N) is 1. The van der Waals surface area contributed by atoms with E-state index >= 15 is 0 Å². The highest BCUT2D eigenvalue weighted by Gasteiger charge is 2.15. The zero-order valence-electron chi connectivity index (χ0n) is 8.31. The van der Waals surface area contributed by atoms with E-state index in [1.807, 2.05) is 26.1 Å². The minimum Gasteiger partial charge on any atom is -0.351 e. The molecular weight excluding hydrogens is 170 g/mol. The van der Waals surface area contributed by atoms with Gasteiger partial charge in [0.2, 0.25) is 5.91 Å². The molecule has 0 aromatic heterocycles. The minimum atomic E-state index is -0.818. The van der Waals surface area contributed by atoms with Crippen LogP contribution in [-0.2, 0) is 4.79 Å². The molecule has 3 amide bonds. The van der Waals surface area contributed by atoms with Gasteiger partial charge in [-0.15, -0.1) is 0 Å². The number of imide groups is 1. The number of hydrogen-bond acceptors (Lipinski definition) is 3. The number of rotatable bonds is 4. The summed E-state index contributed by atoms with van der Waals surface area (Å²) in [5.74, 6) is -0.408. The molecule has 0 rings (SSSR count). The molecule has 5 heteroatoms. The standard InChI is InChI=1S/C8H17N3O2/c1-4-8(2,3)10-5-6(12)11-7(9)13/h10H,4-5H2,1-3H3,(H3,9,11,12,13). The van der Waals surface area contributed by atoms with Gasteiger partial charge in [-0.25, -0.2) is 4.79 Å². The first-order valence-electron chi connectivity index (χ1n) is 4.21. The Kier molecular flexibility index (Phi) is 4.40. The Morgan fingerprint density at radius 1 is 1.38 bits per heavy atom. The summed E-state index contributed by atoms with van der Waals surface area (Å²) in [5.41, 5.74) is 4.66. The number of carbonyl (C=O) groups excluding carboxylic acids is 2.